The monoisotopic (exact) mass is 263 g/mol. The maximum absolute atomic E-state index is 12.5. The van der Waals surface area contributed by atoms with Crippen LogP contribution in [0.1, 0.15) is 30.0 Å². The van der Waals surface area contributed by atoms with Crippen LogP contribution in [0.4, 0.5) is 13.2 Å². The topological polar surface area (TPSA) is 26.0 Å². The first-order valence-electron chi connectivity index (χ1n) is 5.08. The molecule has 0 aliphatic rings. The summed E-state index contributed by atoms with van der Waals surface area (Å²) in [6, 6.07) is 2.93. The Kier molecular flexibility index (Phi) is 4.60. The molecule has 0 heterocycles. The molecule has 0 amide bonds. The summed E-state index contributed by atoms with van der Waals surface area (Å²) in [5.41, 5.74) is 5.41. The van der Waals surface area contributed by atoms with Crippen molar-refractivity contribution in [1.82, 2.24) is 0 Å². The fraction of sp³-hybridized carbons (Fsp3) is 0.333. The molecule has 5 heteroatoms. The number of benzene rings is 1. The quantitative estimate of drug-likeness (QED) is 0.804. The van der Waals surface area contributed by atoms with Crippen molar-refractivity contribution < 1.29 is 13.2 Å². The summed E-state index contributed by atoms with van der Waals surface area (Å²) in [5, 5.41) is 0.0453. The molecule has 2 N–H and O–H groups in total. The standard InChI is InChI=1S/C12H13ClF3N/c1-2-3-4-11(17)8-5-9(12(14,15)16)7-10(13)6-8/h2,5-7,11H,1,3-4,17H2/t11-/m1/s1. The third-order valence-corrected chi connectivity index (χ3v) is 2.58. The predicted molar refractivity (Wildman–Crippen MR) is 62.8 cm³/mol. The van der Waals surface area contributed by atoms with E-state index in [1.165, 1.54) is 6.07 Å². The van der Waals surface area contributed by atoms with E-state index in [0.717, 1.165) is 12.1 Å². The van der Waals surface area contributed by atoms with Gasteiger partial charge in [-0.2, -0.15) is 13.2 Å². The molecule has 1 atom stereocenters. The second-order valence-corrected chi connectivity index (χ2v) is 4.18. The van der Waals surface area contributed by atoms with Gasteiger partial charge < -0.3 is 5.73 Å². The van der Waals surface area contributed by atoms with Crippen molar-refractivity contribution in [3.8, 4) is 0 Å². The van der Waals surface area contributed by atoms with Crippen LogP contribution in [0.5, 0.6) is 0 Å². The van der Waals surface area contributed by atoms with E-state index >= 15 is 0 Å². The van der Waals surface area contributed by atoms with Gasteiger partial charge in [-0.3, -0.25) is 0 Å². The van der Waals surface area contributed by atoms with Crippen LogP contribution in [-0.4, -0.2) is 0 Å². The first-order chi connectivity index (χ1) is 7.84. The smallest absolute Gasteiger partial charge is 0.324 e. The second kappa shape index (κ2) is 5.56. The Morgan fingerprint density at radius 3 is 2.53 bits per heavy atom. The molecule has 0 aliphatic heterocycles. The maximum atomic E-state index is 12.5. The van der Waals surface area contributed by atoms with Gasteiger partial charge in [0.1, 0.15) is 0 Å². The Morgan fingerprint density at radius 1 is 1.35 bits per heavy atom. The number of allylic oxidation sites excluding steroid dienone is 1. The van der Waals surface area contributed by atoms with Gasteiger partial charge in [0.05, 0.1) is 5.56 Å². The lowest BCUT2D eigenvalue weighted by molar-refractivity contribution is -0.137. The van der Waals surface area contributed by atoms with Gasteiger partial charge in [0.2, 0.25) is 0 Å². The predicted octanol–water partition coefficient (Wildman–Crippen LogP) is 4.32. The Bertz CT molecular complexity index is 401. The summed E-state index contributed by atoms with van der Waals surface area (Å²) in [6.07, 6.45) is -1.54. The van der Waals surface area contributed by atoms with E-state index in [1.807, 2.05) is 0 Å². The molecule has 0 fully saturated rings. The van der Waals surface area contributed by atoms with Crippen LogP contribution < -0.4 is 5.73 Å². The first-order valence-corrected chi connectivity index (χ1v) is 5.46. The van der Waals surface area contributed by atoms with Crippen LogP contribution in [0.3, 0.4) is 0 Å². The molecule has 0 spiro atoms. The molecule has 1 rings (SSSR count). The van der Waals surface area contributed by atoms with E-state index in [9.17, 15) is 13.2 Å². The Balaban J connectivity index is 3.00. The van der Waals surface area contributed by atoms with Crippen molar-refractivity contribution in [2.75, 3.05) is 0 Å². The van der Waals surface area contributed by atoms with Gasteiger partial charge in [0.15, 0.2) is 0 Å². The molecule has 0 saturated carbocycles. The summed E-state index contributed by atoms with van der Waals surface area (Å²) in [5.74, 6) is 0. The zero-order valence-electron chi connectivity index (χ0n) is 9.10. The summed E-state index contributed by atoms with van der Waals surface area (Å²) < 4.78 is 37.6. The van der Waals surface area contributed by atoms with Gasteiger partial charge in [-0.15, -0.1) is 6.58 Å². The number of alkyl halides is 3. The summed E-state index contributed by atoms with van der Waals surface area (Å²) in [7, 11) is 0. The molecule has 0 saturated heterocycles. The average molecular weight is 264 g/mol. The molecule has 17 heavy (non-hydrogen) atoms. The van der Waals surface area contributed by atoms with Crippen LogP contribution in [-0.2, 0) is 6.18 Å². The maximum Gasteiger partial charge on any atom is 0.416 e. The highest BCUT2D eigenvalue weighted by Crippen LogP contribution is 2.33. The minimum atomic E-state index is -4.40. The van der Waals surface area contributed by atoms with Crippen LogP contribution in [0.15, 0.2) is 30.9 Å². The molecule has 0 radical (unpaired) electrons. The van der Waals surface area contributed by atoms with E-state index < -0.39 is 17.8 Å². The van der Waals surface area contributed by atoms with E-state index in [0.29, 0.717) is 18.4 Å². The van der Waals surface area contributed by atoms with Gasteiger partial charge in [-0.25, -0.2) is 0 Å². The molecular weight excluding hydrogens is 251 g/mol. The molecule has 1 aromatic carbocycles. The molecule has 94 valence electrons. The van der Waals surface area contributed by atoms with E-state index in [4.69, 9.17) is 17.3 Å². The molecular formula is C12H13ClF3N. The molecule has 0 aliphatic carbocycles. The number of hydrogen-bond donors (Lipinski definition) is 1. The highest BCUT2D eigenvalue weighted by atomic mass is 35.5. The largest absolute Gasteiger partial charge is 0.416 e. The fourth-order valence-corrected chi connectivity index (χ4v) is 1.70. The zero-order chi connectivity index (χ0) is 13.1. The third kappa shape index (κ3) is 4.06. The lowest BCUT2D eigenvalue weighted by atomic mass is 10.0. The third-order valence-electron chi connectivity index (χ3n) is 2.36. The number of hydrogen-bond acceptors (Lipinski definition) is 1. The molecule has 0 unspecified atom stereocenters. The number of halogens is 4. The molecule has 1 nitrogen and oxygen atoms in total. The highest BCUT2D eigenvalue weighted by Gasteiger charge is 2.31. The summed E-state index contributed by atoms with van der Waals surface area (Å²) in [6.45, 7) is 3.54. The molecule has 0 bridgehead atoms. The van der Waals surface area contributed by atoms with Gasteiger partial charge in [0.25, 0.3) is 0 Å². The van der Waals surface area contributed by atoms with Gasteiger partial charge in [0, 0.05) is 11.1 Å². The molecule has 1 aromatic rings. The average Bonchev–Trinajstić information content (AvgIpc) is 2.23. The first kappa shape index (κ1) is 14.1. The Hall–Kier alpha value is -1.00. The lowest BCUT2D eigenvalue weighted by Gasteiger charge is -2.14. The second-order valence-electron chi connectivity index (χ2n) is 3.74. The van der Waals surface area contributed by atoms with E-state index in [-0.39, 0.29) is 5.02 Å². The van der Waals surface area contributed by atoms with Crippen molar-refractivity contribution in [3.63, 3.8) is 0 Å². The summed E-state index contributed by atoms with van der Waals surface area (Å²) in [4.78, 5) is 0. The van der Waals surface area contributed by atoms with Crippen LogP contribution >= 0.6 is 11.6 Å². The normalized spacial score (nSPS) is 13.5. The van der Waals surface area contributed by atoms with Gasteiger partial charge in [-0.05, 0) is 36.6 Å². The van der Waals surface area contributed by atoms with Crippen molar-refractivity contribution >= 4 is 11.6 Å². The summed E-state index contributed by atoms with van der Waals surface area (Å²) >= 11 is 5.66. The lowest BCUT2D eigenvalue weighted by Crippen LogP contribution is -2.12. The van der Waals surface area contributed by atoms with Crippen molar-refractivity contribution in [2.24, 2.45) is 5.73 Å². The fourth-order valence-electron chi connectivity index (χ4n) is 1.45. The van der Waals surface area contributed by atoms with Gasteiger partial charge in [-0.1, -0.05) is 17.7 Å². The highest BCUT2D eigenvalue weighted by molar-refractivity contribution is 6.30. The van der Waals surface area contributed by atoms with Crippen molar-refractivity contribution in [3.05, 3.63) is 47.0 Å². The molecule has 0 aromatic heterocycles. The van der Waals surface area contributed by atoms with E-state index in [2.05, 4.69) is 6.58 Å². The van der Waals surface area contributed by atoms with Gasteiger partial charge >= 0.3 is 6.18 Å². The van der Waals surface area contributed by atoms with Crippen molar-refractivity contribution in [2.45, 2.75) is 25.1 Å². The van der Waals surface area contributed by atoms with Crippen LogP contribution in [0.25, 0.3) is 0 Å². The minimum absolute atomic E-state index is 0.0453. The Morgan fingerprint density at radius 2 is 2.00 bits per heavy atom. The SMILES string of the molecule is C=CCC[C@@H](N)c1cc(Cl)cc(C(F)(F)F)c1. The minimum Gasteiger partial charge on any atom is -0.324 e. The number of nitrogens with two attached hydrogens (primary N) is 1. The van der Waals surface area contributed by atoms with Crippen LogP contribution in [0, 0.1) is 0 Å². The van der Waals surface area contributed by atoms with E-state index in [1.54, 1.807) is 6.08 Å². The van der Waals surface area contributed by atoms with Crippen LogP contribution in [0.2, 0.25) is 5.02 Å². The number of rotatable bonds is 4. The Labute approximate surface area is 103 Å². The zero-order valence-corrected chi connectivity index (χ0v) is 9.85. The van der Waals surface area contributed by atoms with Crippen molar-refractivity contribution in [1.29, 1.82) is 0 Å².